The number of nitrogens with one attached hydrogen (secondary N) is 1. The molecule has 6 heteroatoms. The maximum absolute atomic E-state index is 12.0. The van der Waals surface area contributed by atoms with E-state index in [1.807, 2.05) is 0 Å². The van der Waals surface area contributed by atoms with Crippen LogP contribution in [-0.4, -0.2) is 27.9 Å². The number of rotatable bonds is 5. The number of carbonyl (C=O) groups is 1. The number of carbonyl (C=O) groups excluding carboxylic acids is 1. The van der Waals surface area contributed by atoms with Crippen molar-refractivity contribution in [2.24, 2.45) is 5.41 Å². The van der Waals surface area contributed by atoms with Crippen LogP contribution in [0.4, 0.5) is 0 Å². The van der Waals surface area contributed by atoms with E-state index in [0.717, 1.165) is 0 Å². The highest BCUT2D eigenvalue weighted by Gasteiger charge is 2.23. The minimum Gasteiger partial charge on any atom is -0.497 e. The van der Waals surface area contributed by atoms with Gasteiger partial charge in [0.25, 0.3) is 0 Å². The van der Waals surface area contributed by atoms with Crippen molar-refractivity contribution in [2.75, 3.05) is 13.7 Å². The van der Waals surface area contributed by atoms with Crippen molar-refractivity contribution in [3.05, 3.63) is 24.3 Å². The van der Waals surface area contributed by atoms with Gasteiger partial charge in [0.1, 0.15) is 5.75 Å². The third-order valence-electron chi connectivity index (χ3n) is 2.63. The minimum atomic E-state index is -3.67. The summed E-state index contributed by atoms with van der Waals surface area (Å²) in [5.41, 5.74) is -0.567. The van der Waals surface area contributed by atoms with E-state index in [1.54, 1.807) is 32.9 Å². The summed E-state index contributed by atoms with van der Waals surface area (Å²) in [6, 6.07) is 5.98. The van der Waals surface area contributed by atoms with Gasteiger partial charge >= 0.3 is 0 Å². The number of Topliss-reactive ketones (excluding diaryl/α,β-unsaturated/α-hetero) is 1. The molecule has 1 rings (SSSR count). The van der Waals surface area contributed by atoms with Crippen LogP contribution in [0.1, 0.15) is 20.8 Å². The van der Waals surface area contributed by atoms with Crippen LogP contribution in [-0.2, 0) is 14.8 Å². The molecule has 0 saturated carbocycles. The van der Waals surface area contributed by atoms with E-state index in [2.05, 4.69) is 4.72 Å². The molecule has 0 unspecified atom stereocenters. The highest BCUT2D eigenvalue weighted by molar-refractivity contribution is 7.89. The van der Waals surface area contributed by atoms with Crippen molar-refractivity contribution in [1.82, 2.24) is 4.72 Å². The van der Waals surface area contributed by atoms with Crippen LogP contribution in [0.3, 0.4) is 0 Å². The average Bonchev–Trinajstić information content (AvgIpc) is 2.35. The predicted octanol–water partition coefficient (Wildman–Crippen LogP) is 1.59. The van der Waals surface area contributed by atoms with Gasteiger partial charge in [-0.3, -0.25) is 4.79 Å². The van der Waals surface area contributed by atoms with Gasteiger partial charge in [0, 0.05) is 5.41 Å². The second-order valence-corrected chi connectivity index (χ2v) is 6.94. The summed E-state index contributed by atoms with van der Waals surface area (Å²) in [5.74, 6) is 0.411. The fourth-order valence-corrected chi connectivity index (χ4v) is 2.25. The Labute approximate surface area is 114 Å². The monoisotopic (exact) mass is 285 g/mol. The molecule has 1 aromatic rings. The summed E-state index contributed by atoms with van der Waals surface area (Å²) < 4.78 is 31.2. The van der Waals surface area contributed by atoms with E-state index < -0.39 is 15.4 Å². The zero-order valence-electron chi connectivity index (χ0n) is 11.6. The molecule has 0 atom stereocenters. The van der Waals surface area contributed by atoms with Gasteiger partial charge in [0.05, 0.1) is 18.6 Å². The Bertz CT molecular complexity index is 541. The number of benzene rings is 1. The topological polar surface area (TPSA) is 72.5 Å². The molecule has 0 fully saturated rings. The molecule has 0 bridgehead atoms. The lowest BCUT2D eigenvalue weighted by molar-refractivity contribution is -0.125. The largest absolute Gasteiger partial charge is 0.497 e. The first-order valence-corrected chi connectivity index (χ1v) is 7.32. The lowest BCUT2D eigenvalue weighted by Gasteiger charge is -2.16. The van der Waals surface area contributed by atoms with Crippen LogP contribution in [0.5, 0.6) is 5.75 Å². The van der Waals surface area contributed by atoms with E-state index in [4.69, 9.17) is 4.74 Å². The van der Waals surface area contributed by atoms with Gasteiger partial charge in [0.15, 0.2) is 5.78 Å². The van der Waals surface area contributed by atoms with Crippen LogP contribution in [0, 0.1) is 5.41 Å². The Kier molecular flexibility index (Phi) is 4.70. The standard InChI is InChI=1S/C13H19NO4S/c1-13(2,3)12(15)9-14-19(16,17)11-7-5-10(18-4)6-8-11/h5-8,14H,9H2,1-4H3. The first kappa shape index (κ1) is 15.7. The maximum atomic E-state index is 12.0. The first-order chi connectivity index (χ1) is 8.66. The number of hydrogen-bond acceptors (Lipinski definition) is 4. The van der Waals surface area contributed by atoms with Crippen molar-refractivity contribution < 1.29 is 17.9 Å². The summed E-state index contributed by atoms with van der Waals surface area (Å²) in [5, 5.41) is 0. The molecular formula is C13H19NO4S. The Balaban J connectivity index is 2.78. The molecular weight excluding hydrogens is 266 g/mol. The van der Waals surface area contributed by atoms with Gasteiger partial charge in [-0.25, -0.2) is 13.1 Å². The highest BCUT2D eigenvalue weighted by Crippen LogP contribution is 2.17. The Morgan fingerprint density at radius 2 is 1.74 bits per heavy atom. The molecule has 0 heterocycles. The average molecular weight is 285 g/mol. The van der Waals surface area contributed by atoms with Crippen LogP contribution in [0.2, 0.25) is 0 Å². The molecule has 0 aliphatic heterocycles. The molecule has 106 valence electrons. The van der Waals surface area contributed by atoms with Gasteiger partial charge in [-0.2, -0.15) is 0 Å². The van der Waals surface area contributed by atoms with E-state index in [9.17, 15) is 13.2 Å². The summed E-state index contributed by atoms with van der Waals surface area (Å²) in [4.78, 5) is 11.8. The number of sulfonamides is 1. The van der Waals surface area contributed by atoms with Crippen LogP contribution >= 0.6 is 0 Å². The maximum Gasteiger partial charge on any atom is 0.240 e. The lowest BCUT2D eigenvalue weighted by atomic mass is 9.91. The second-order valence-electron chi connectivity index (χ2n) is 5.17. The Hall–Kier alpha value is -1.40. The molecule has 5 nitrogen and oxygen atoms in total. The van der Waals surface area contributed by atoms with Gasteiger partial charge in [-0.15, -0.1) is 0 Å². The normalized spacial score (nSPS) is 12.2. The highest BCUT2D eigenvalue weighted by atomic mass is 32.2. The number of ether oxygens (including phenoxy) is 1. The molecule has 0 spiro atoms. The van der Waals surface area contributed by atoms with Crippen molar-refractivity contribution in [3.8, 4) is 5.75 Å². The molecule has 0 aromatic heterocycles. The number of methoxy groups -OCH3 is 1. The molecule has 1 N–H and O–H groups in total. The molecule has 0 aliphatic rings. The Morgan fingerprint density at radius 1 is 1.21 bits per heavy atom. The van der Waals surface area contributed by atoms with Gasteiger partial charge in [0.2, 0.25) is 10.0 Å². The lowest BCUT2D eigenvalue weighted by Crippen LogP contribution is -2.35. The summed E-state index contributed by atoms with van der Waals surface area (Å²) in [7, 11) is -2.16. The molecule has 19 heavy (non-hydrogen) atoms. The third-order valence-corrected chi connectivity index (χ3v) is 4.05. The van der Waals surface area contributed by atoms with E-state index in [-0.39, 0.29) is 17.2 Å². The fourth-order valence-electron chi connectivity index (χ4n) is 1.26. The smallest absolute Gasteiger partial charge is 0.240 e. The van der Waals surface area contributed by atoms with Crippen LogP contribution in [0.15, 0.2) is 29.2 Å². The first-order valence-electron chi connectivity index (χ1n) is 5.84. The zero-order chi connectivity index (χ0) is 14.7. The second kappa shape index (κ2) is 5.71. The SMILES string of the molecule is COc1ccc(S(=O)(=O)NCC(=O)C(C)(C)C)cc1. The minimum absolute atomic E-state index is 0.106. The number of ketones is 1. The van der Waals surface area contributed by atoms with E-state index in [1.165, 1.54) is 19.2 Å². The van der Waals surface area contributed by atoms with Crippen LogP contribution < -0.4 is 9.46 Å². The van der Waals surface area contributed by atoms with Crippen molar-refractivity contribution >= 4 is 15.8 Å². The van der Waals surface area contributed by atoms with Crippen molar-refractivity contribution in [3.63, 3.8) is 0 Å². The molecule has 0 amide bonds. The molecule has 1 aromatic carbocycles. The van der Waals surface area contributed by atoms with Crippen molar-refractivity contribution in [2.45, 2.75) is 25.7 Å². The Morgan fingerprint density at radius 3 is 2.16 bits per heavy atom. The molecule has 0 saturated heterocycles. The fraction of sp³-hybridized carbons (Fsp3) is 0.462. The zero-order valence-corrected chi connectivity index (χ0v) is 12.4. The van der Waals surface area contributed by atoms with Gasteiger partial charge in [-0.1, -0.05) is 20.8 Å². The quantitative estimate of drug-likeness (QED) is 0.891. The van der Waals surface area contributed by atoms with Crippen molar-refractivity contribution in [1.29, 1.82) is 0 Å². The summed E-state index contributed by atoms with van der Waals surface area (Å²) >= 11 is 0. The molecule has 0 radical (unpaired) electrons. The van der Waals surface area contributed by atoms with E-state index in [0.29, 0.717) is 5.75 Å². The summed E-state index contributed by atoms with van der Waals surface area (Å²) in [6.45, 7) is 5.03. The van der Waals surface area contributed by atoms with Crippen LogP contribution in [0.25, 0.3) is 0 Å². The van der Waals surface area contributed by atoms with Gasteiger partial charge < -0.3 is 4.74 Å². The third kappa shape index (κ3) is 4.33. The molecule has 0 aliphatic carbocycles. The van der Waals surface area contributed by atoms with E-state index >= 15 is 0 Å². The predicted molar refractivity (Wildman–Crippen MR) is 72.6 cm³/mol. The summed E-state index contributed by atoms with van der Waals surface area (Å²) in [6.07, 6.45) is 0. The van der Waals surface area contributed by atoms with Gasteiger partial charge in [-0.05, 0) is 24.3 Å². The number of hydrogen-bond donors (Lipinski definition) is 1.